The van der Waals surface area contributed by atoms with Crippen LogP contribution in [0.2, 0.25) is 0 Å². The second-order valence-electron chi connectivity index (χ2n) is 22.2. The van der Waals surface area contributed by atoms with Crippen LogP contribution in [-0.4, -0.2) is 73.7 Å². The number of aliphatic hydroxyl groups is 4. The van der Waals surface area contributed by atoms with Crippen molar-refractivity contribution < 1.29 is 49.4 Å². The molecule has 4 fully saturated rings. The predicted molar refractivity (Wildman–Crippen MR) is 263 cm³/mol. The fourth-order valence-corrected chi connectivity index (χ4v) is 14.8. The molecular formula is C59H67NO10. The van der Waals surface area contributed by atoms with E-state index in [-0.39, 0.29) is 104 Å². The van der Waals surface area contributed by atoms with E-state index in [4.69, 9.17) is 9.47 Å². The van der Waals surface area contributed by atoms with Gasteiger partial charge in [-0.3, -0.25) is 9.59 Å². The number of phenols is 1. The summed E-state index contributed by atoms with van der Waals surface area (Å²) >= 11 is 0. The Morgan fingerprint density at radius 3 is 2.43 bits per heavy atom. The maximum absolute atomic E-state index is 15.7. The number of ketones is 1. The Hall–Kier alpha value is -5.25. The zero-order chi connectivity index (χ0) is 48.4. The lowest BCUT2D eigenvalue weighted by atomic mass is 9.41. The lowest BCUT2D eigenvalue weighted by Crippen LogP contribution is -2.70. The van der Waals surface area contributed by atoms with Crippen LogP contribution < -0.4 is 10.1 Å². The number of aromatic hydroxyl groups is 1. The van der Waals surface area contributed by atoms with Crippen LogP contribution in [0.5, 0.6) is 11.5 Å². The summed E-state index contributed by atoms with van der Waals surface area (Å²) in [7, 11) is 0. The molecule has 3 heterocycles. The topological polar surface area (TPSA) is 183 Å². The number of fused-ring (bicyclic) bond motifs is 10. The summed E-state index contributed by atoms with van der Waals surface area (Å²) in [6, 6.07) is 15.4. The quantitative estimate of drug-likeness (QED) is 0.0609. The summed E-state index contributed by atoms with van der Waals surface area (Å²) in [5.41, 5.74) is 4.01. The number of phenolic OH excluding ortho intramolecular Hbond substituents is 1. The van der Waals surface area contributed by atoms with Crippen LogP contribution in [0.3, 0.4) is 0 Å². The number of anilines is 1. The Morgan fingerprint density at radius 1 is 0.857 bits per heavy atom. The van der Waals surface area contributed by atoms with E-state index in [2.05, 4.69) is 35.4 Å². The largest absolute Gasteiger partial charge is 0.507 e. The minimum absolute atomic E-state index is 0.00970. The second-order valence-corrected chi connectivity index (χ2v) is 22.2. The van der Waals surface area contributed by atoms with Crippen LogP contribution in [0, 0.1) is 53.3 Å². The monoisotopic (exact) mass is 949 g/mol. The highest BCUT2D eigenvalue weighted by atomic mass is 16.6. The van der Waals surface area contributed by atoms with Gasteiger partial charge in [0.2, 0.25) is 0 Å². The molecule has 3 aromatic rings. The van der Waals surface area contributed by atoms with Crippen molar-refractivity contribution in [2.45, 2.75) is 152 Å². The molecule has 11 nitrogen and oxygen atoms in total. The molecule has 8 aliphatic rings. The van der Waals surface area contributed by atoms with Crippen LogP contribution in [0.1, 0.15) is 141 Å². The number of hydrogen-bond donors (Lipinski definition) is 6. The van der Waals surface area contributed by atoms with Gasteiger partial charge in [0.1, 0.15) is 29.0 Å². The average Bonchev–Trinajstić information content (AvgIpc) is 3.35. The molecule has 13 atom stereocenters. The van der Waals surface area contributed by atoms with E-state index in [9.17, 15) is 35.1 Å². The normalized spacial score (nSPS) is 34.8. The van der Waals surface area contributed by atoms with Gasteiger partial charge in [-0.1, -0.05) is 86.4 Å². The molecule has 11 heteroatoms. The zero-order valence-electron chi connectivity index (χ0n) is 40.2. The number of allylic oxidation sites excluding steroid dienone is 2. The third-order valence-corrected chi connectivity index (χ3v) is 17.8. The number of carbonyl (C=O) groups excluding carboxylic acids is 3. The number of benzene rings is 3. The zero-order valence-corrected chi connectivity index (χ0v) is 40.2. The van der Waals surface area contributed by atoms with Crippen LogP contribution in [0.15, 0.2) is 72.3 Å². The van der Waals surface area contributed by atoms with Crippen molar-refractivity contribution in [3.63, 3.8) is 0 Å². The van der Waals surface area contributed by atoms with Crippen LogP contribution in [-0.2, 0) is 45.0 Å². The number of nitrogens with one attached hydrogen (secondary N) is 1. The molecule has 11 rings (SSSR count). The van der Waals surface area contributed by atoms with Gasteiger partial charge in [0, 0.05) is 65.9 Å². The van der Waals surface area contributed by atoms with Crippen molar-refractivity contribution in [3.8, 4) is 23.3 Å². The second kappa shape index (κ2) is 19.1. The van der Waals surface area contributed by atoms with Crippen molar-refractivity contribution in [2.75, 3.05) is 11.9 Å². The van der Waals surface area contributed by atoms with E-state index in [1.165, 1.54) is 0 Å². The summed E-state index contributed by atoms with van der Waals surface area (Å²) in [6.07, 6.45) is 12.0. The fourth-order valence-electron chi connectivity index (χ4n) is 14.8. The highest BCUT2D eigenvalue weighted by molar-refractivity contribution is 5.89. The van der Waals surface area contributed by atoms with E-state index in [0.717, 1.165) is 68.9 Å². The van der Waals surface area contributed by atoms with Crippen molar-refractivity contribution in [3.05, 3.63) is 111 Å². The Morgan fingerprint density at radius 2 is 1.63 bits per heavy atom. The first-order valence-corrected chi connectivity index (χ1v) is 26.2. The maximum Gasteiger partial charge on any atom is 0.334 e. The van der Waals surface area contributed by atoms with E-state index in [1.54, 1.807) is 19.1 Å². The van der Waals surface area contributed by atoms with Gasteiger partial charge in [0.05, 0.1) is 31.2 Å². The molecule has 0 saturated heterocycles. The number of ether oxygens (including phenoxy) is 2. The first kappa shape index (κ1) is 47.1. The molecule has 3 aliphatic heterocycles. The average molecular weight is 950 g/mol. The van der Waals surface area contributed by atoms with Gasteiger partial charge in [0.25, 0.3) is 0 Å². The number of Topliss-reactive ketones (excluding diaryl/α,β-unsaturated/α-hetero) is 1. The van der Waals surface area contributed by atoms with Gasteiger partial charge < -0.3 is 40.3 Å². The van der Waals surface area contributed by atoms with Crippen molar-refractivity contribution >= 4 is 23.4 Å². The third-order valence-electron chi connectivity index (χ3n) is 17.8. The molecule has 70 heavy (non-hydrogen) atoms. The number of hydrogen-bond acceptors (Lipinski definition) is 11. The van der Waals surface area contributed by atoms with E-state index < -0.39 is 53.6 Å². The molecule has 3 aromatic carbocycles. The Kier molecular flexibility index (Phi) is 12.8. The minimum Gasteiger partial charge on any atom is -0.507 e. The van der Waals surface area contributed by atoms with Gasteiger partial charge in [-0.15, -0.1) is 0 Å². The molecule has 0 amide bonds. The molecule has 5 aliphatic carbocycles. The summed E-state index contributed by atoms with van der Waals surface area (Å²) in [5.74, 6) is 3.35. The molecule has 0 unspecified atom stereocenters. The van der Waals surface area contributed by atoms with E-state index >= 15 is 4.79 Å². The van der Waals surface area contributed by atoms with E-state index in [1.807, 2.05) is 36.4 Å². The Balaban J connectivity index is 1.16. The standard InChI is InChI=1S/C59H67NO10/c1-32(62)30-60-43-20-35(31-61)19-40(24-43)37-14-15-38-29-52(65)70-57-47(38)26-41(56(66)53(57)36-10-3-2-4-11-36)28-51-59(68)49-13-6-5-12-45(49)46-17-16-39-27-50(64)48(54(46)55(39)59)22-34-9-7-8-33(18-34)21-44(63)25-42(23-37)58(67)69-51/h7-9,16-20,24-26,32,36-39,44-46,48-49,51,54-55,60-63,66,68H,2-6,10-13,21-23,27-31H2,1H3/b42-25-/t32-,37-,38+,39+,44-,45-,46+,48+,49-,51+,54-,55+,59+/m0/s1. The first-order chi connectivity index (χ1) is 33.9. The lowest BCUT2D eigenvalue weighted by molar-refractivity contribution is -0.247. The molecule has 4 saturated carbocycles. The summed E-state index contributed by atoms with van der Waals surface area (Å²) in [4.78, 5) is 44.0. The first-order valence-electron chi connectivity index (χ1n) is 26.2. The van der Waals surface area contributed by atoms with Gasteiger partial charge in [-0.2, -0.15) is 0 Å². The van der Waals surface area contributed by atoms with E-state index in [0.29, 0.717) is 45.7 Å². The molecular weight excluding hydrogens is 883 g/mol. The van der Waals surface area contributed by atoms with Crippen molar-refractivity contribution in [1.82, 2.24) is 0 Å². The fraction of sp³-hybridized carbons (Fsp3) is 0.542. The van der Waals surface area contributed by atoms with Gasteiger partial charge in [-0.05, 0) is 133 Å². The number of esters is 2. The van der Waals surface area contributed by atoms with Gasteiger partial charge in [-0.25, -0.2) is 4.79 Å². The molecule has 368 valence electrons. The molecule has 0 spiro atoms. The van der Waals surface area contributed by atoms with Crippen molar-refractivity contribution in [2.24, 2.45) is 41.4 Å². The summed E-state index contributed by atoms with van der Waals surface area (Å²) in [6.45, 7) is 1.64. The summed E-state index contributed by atoms with van der Waals surface area (Å²) < 4.78 is 13.2. The predicted octanol–water partition coefficient (Wildman–Crippen LogP) is 8.02. The Bertz CT molecular complexity index is 2690. The van der Waals surface area contributed by atoms with Gasteiger partial charge in [0.15, 0.2) is 0 Å². The van der Waals surface area contributed by atoms with Crippen LogP contribution in [0.4, 0.5) is 5.69 Å². The minimum atomic E-state index is -1.63. The number of rotatable bonds is 6. The SMILES string of the molecule is C[C@H](O)CNc1cc(CO)cc([C@H]2C#C[C@@H]3CC(=O)Oc4c3cc(c(O)c4C3CCCCC3)C[C@H]3OC(=O)/C(=C\[C@@H](O)Cc4cccc(c4)C[C@@H]4C(=O)C[C@H]5C=C[C@@H]6[C@@H]7CCCC[C@@H]7[C@]3(O)[C@H]5[C@@H]64)C2)c1. The smallest absolute Gasteiger partial charge is 0.334 e. The molecule has 12 bridgehead atoms. The molecule has 0 radical (unpaired) electrons. The lowest BCUT2D eigenvalue weighted by Gasteiger charge is -2.65. The highest BCUT2D eigenvalue weighted by Gasteiger charge is 2.68. The molecule has 6 N–H and O–H groups in total. The third kappa shape index (κ3) is 8.61. The Labute approximate surface area is 410 Å². The number of carbonyl (C=O) groups is 3. The van der Waals surface area contributed by atoms with Crippen molar-refractivity contribution in [1.29, 1.82) is 0 Å². The highest BCUT2D eigenvalue weighted by Crippen LogP contribution is 2.64. The maximum atomic E-state index is 15.7. The van der Waals surface area contributed by atoms with Crippen LogP contribution >= 0.6 is 0 Å². The van der Waals surface area contributed by atoms with Gasteiger partial charge >= 0.3 is 11.9 Å². The van der Waals surface area contributed by atoms with Crippen LogP contribution in [0.25, 0.3) is 0 Å². The summed E-state index contributed by atoms with van der Waals surface area (Å²) in [5, 5.41) is 63.3. The number of aliphatic hydroxyl groups excluding tert-OH is 3. The molecule has 0 aromatic heterocycles.